The number of hydrogen-bond acceptors (Lipinski definition) is 2. The standard InChI is InChI=1S/C11H15BrFNO/c1-2-11(15)7-14-6-8-3-9(12)5-10(13)4-8/h3-5,11,14-15H,2,6-7H2,1H3. The van der Waals surface area contributed by atoms with Crippen molar-refractivity contribution in [3.63, 3.8) is 0 Å². The van der Waals surface area contributed by atoms with Gasteiger partial charge in [0.15, 0.2) is 0 Å². The quantitative estimate of drug-likeness (QED) is 0.865. The minimum Gasteiger partial charge on any atom is -0.392 e. The molecule has 2 nitrogen and oxygen atoms in total. The molecule has 0 aromatic heterocycles. The molecule has 1 atom stereocenters. The first-order valence-corrected chi connectivity index (χ1v) is 5.75. The summed E-state index contributed by atoms with van der Waals surface area (Å²) >= 11 is 3.23. The Hall–Kier alpha value is -0.450. The van der Waals surface area contributed by atoms with Gasteiger partial charge in [-0.3, -0.25) is 0 Å². The maximum atomic E-state index is 13.0. The Morgan fingerprint density at radius 3 is 2.80 bits per heavy atom. The summed E-state index contributed by atoms with van der Waals surface area (Å²) in [5.74, 6) is -0.253. The summed E-state index contributed by atoms with van der Waals surface area (Å²) < 4.78 is 13.7. The van der Waals surface area contributed by atoms with E-state index in [2.05, 4.69) is 21.2 Å². The minimum absolute atomic E-state index is 0.253. The van der Waals surface area contributed by atoms with Gasteiger partial charge < -0.3 is 10.4 Å². The molecule has 0 fully saturated rings. The molecule has 1 unspecified atom stereocenters. The number of halogens is 2. The lowest BCUT2D eigenvalue weighted by atomic mass is 10.2. The van der Waals surface area contributed by atoms with E-state index in [1.54, 1.807) is 0 Å². The molecule has 0 aliphatic heterocycles. The molecule has 84 valence electrons. The van der Waals surface area contributed by atoms with Crippen molar-refractivity contribution in [1.29, 1.82) is 0 Å². The Morgan fingerprint density at radius 1 is 1.47 bits per heavy atom. The first-order valence-electron chi connectivity index (χ1n) is 4.95. The molecular formula is C11H15BrFNO. The van der Waals surface area contributed by atoms with Gasteiger partial charge in [0.05, 0.1) is 6.10 Å². The van der Waals surface area contributed by atoms with Crippen LogP contribution in [0, 0.1) is 5.82 Å². The molecule has 0 amide bonds. The van der Waals surface area contributed by atoms with Crippen molar-refractivity contribution in [2.45, 2.75) is 26.0 Å². The molecule has 0 saturated heterocycles. The number of aliphatic hydroxyl groups is 1. The summed E-state index contributed by atoms with van der Waals surface area (Å²) in [5.41, 5.74) is 0.866. The van der Waals surface area contributed by atoms with Gasteiger partial charge in [-0.2, -0.15) is 0 Å². The van der Waals surface area contributed by atoms with E-state index in [1.807, 2.05) is 13.0 Å². The van der Waals surface area contributed by atoms with Crippen LogP contribution in [0.4, 0.5) is 4.39 Å². The monoisotopic (exact) mass is 275 g/mol. The Labute approximate surface area is 97.6 Å². The molecule has 1 aromatic carbocycles. The second-order valence-electron chi connectivity index (χ2n) is 3.47. The van der Waals surface area contributed by atoms with Gasteiger partial charge in [-0.25, -0.2) is 4.39 Å². The highest BCUT2D eigenvalue weighted by Crippen LogP contribution is 2.14. The van der Waals surface area contributed by atoms with E-state index in [0.29, 0.717) is 13.1 Å². The van der Waals surface area contributed by atoms with Gasteiger partial charge >= 0.3 is 0 Å². The molecule has 0 saturated carbocycles. The van der Waals surface area contributed by atoms with Crippen molar-refractivity contribution in [1.82, 2.24) is 5.32 Å². The Morgan fingerprint density at radius 2 is 2.20 bits per heavy atom. The highest BCUT2D eigenvalue weighted by atomic mass is 79.9. The molecule has 1 aromatic rings. The third-order valence-electron chi connectivity index (χ3n) is 2.10. The molecule has 2 N–H and O–H groups in total. The summed E-state index contributed by atoms with van der Waals surface area (Å²) in [7, 11) is 0. The van der Waals surface area contributed by atoms with Crippen LogP contribution < -0.4 is 5.32 Å². The van der Waals surface area contributed by atoms with Gasteiger partial charge in [0.2, 0.25) is 0 Å². The number of nitrogens with one attached hydrogen (secondary N) is 1. The van der Waals surface area contributed by atoms with Crippen LogP contribution in [0.1, 0.15) is 18.9 Å². The topological polar surface area (TPSA) is 32.3 Å². The molecule has 1 rings (SSSR count). The van der Waals surface area contributed by atoms with Gasteiger partial charge in [0.1, 0.15) is 5.82 Å². The van der Waals surface area contributed by atoms with Crippen LogP contribution in [0.2, 0.25) is 0 Å². The lowest BCUT2D eigenvalue weighted by Crippen LogP contribution is -2.25. The molecule has 15 heavy (non-hydrogen) atoms. The molecule has 0 bridgehead atoms. The Bertz CT molecular complexity index is 299. The lowest BCUT2D eigenvalue weighted by molar-refractivity contribution is 0.167. The smallest absolute Gasteiger partial charge is 0.124 e. The number of benzene rings is 1. The van der Waals surface area contributed by atoms with Crippen molar-refractivity contribution in [2.75, 3.05) is 6.54 Å². The summed E-state index contributed by atoms with van der Waals surface area (Å²) in [6, 6.07) is 4.76. The maximum Gasteiger partial charge on any atom is 0.124 e. The molecule has 0 spiro atoms. The van der Waals surface area contributed by atoms with E-state index in [1.165, 1.54) is 12.1 Å². The third-order valence-corrected chi connectivity index (χ3v) is 2.56. The Kier molecular flexibility index (Phi) is 5.22. The predicted molar refractivity (Wildman–Crippen MR) is 62.1 cm³/mol. The van der Waals surface area contributed by atoms with Gasteiger partial charge in [-0.15, -0.1) is 0 Å². The van der Waals surface area contributed by atoms with Gasteiger partial charge in [0, 0.05) is 17.6 Å². The molecule has 0 aliphatic carbocycles. The fourth-order valence-corrected chi connectivity index (χ4v) is 1.75. The van der Waals surface area contributed by atoms with Crippen LogP contribution in [0.25, 0.3) is 0 Å². The largest absolute Gasteiger partial charge is 0.392 e. The van der Waals surface area contributed by atoms with Crippen molar-refractivity contribution in [3.05, 3.63) is 34.1 Å². The van der Waals surface area contributed by atoms with Crippen molar-refractivity contribution < 1.29 is 9.50 Å². The van der Waals surface area contributed by atoms with Gasteiger partial charge in [-0.05, 0) is 30.2 Å². The highest BCUT2D eigenvalue weighted by Gasteiger charge is 2.01. The van der Waals surface area contributed by atoms with Crippen LogP contribution >= 0.6 is 15.9 Å². The van der Waals surface area contributed by atoms with Crippen LogP contribution in [-0.2, 0) is 6.54 Å². The molecular weight excluding hydrogens is 261 g/mol. The van der Waals surface area contributed by atoms with E-state index in [0.717, 1.165) is 16.5 Å². The zero-order chi connectivity index (χ0) is 11.3. The number of rotatable bonds is 5. The number of hydrogen-bond donors (Lipinski definition) is 2. The average Bonchev–Trinajstić information content (AvgIpc) is 2.16. The maximum absolute atomic E-state index is 13.0. The highest BCUT2D eigenvalue weighted by molar-refractivity contribution is 9.10. The van der Waals surface area contributed by atoms with Crippen LogP contribution in [0.5, 0.6) is 0 Å². The fourth-order valence-electron chi connectivity index (χ4n) is 1.24. The summed E-state index contributed by atoms with van der Waals surface area (Å²) in [6.45, 7) is 3.02. The van der Waals surface area contributed by atoms with Crippen LogP contribution in [0.3, 0.4) is 0 Å². The van der Waals surface area contributed by atoms with Gasteiger partial charge in [-0.1, -0.05) is 22.9 Å². The molecule has 0 aliphatic rings. The number of aliphatic hydroxyl groups excluding tert-OH is 1. The zero-order valence-electron chi connectivity index (χ0n) is 8.63. The van der Waals surface area contributed by atoms with E-state index in [4.69, 9.17) is 0 Å². The summed E-state index contributed by atoms with van der Waals surface area (Å²) in [4.78, 5) is 0. The zero-order valence-corrected chi connectivity index (χ0v) is 10.2. The van der Waals surface area contributed by atoms with Crippen LogP contribution in [-0.4, -0.2) is 17.8 Å². The molecule has 4 heteroatoms. The summed E-state index contributed by atoms with van der Waals surface area (Å²) in [5, 5.41) is 12.4. The van der Waals surface area contributed by atoms with E-state index < -0.39 is 0 Å². The van der Waals surface area contributed by atoms with E-state index >= 15 is 0 Å². The SMILES string of the molecule is CCC(O)CNCc1cc(F)cc(Br)c1. The molecule has 0 heterocycles. The lowest BCUT2D eigenvalue weighted by Gasteiger charge is -2.09. The predicted octanol–water partition coefficient (Wildman–Crippen LogP) is 2.45. The molecule has 0 radical (unpaired) electrons. The normalized spacial score (nSPS) is 12.8. The first-order chi connectivity index (χ1) is 7.11. The fraction of sp³-hybridized carbons (Fsp3) is 0.455. The van der Waals surface area contributed by atoms with Crippen LogP contribution in [0.15, 0.2) is 22.7 Å². The van der Waals surface area contributed by atoms with Crippen molar-refractivity contribution in [2.24, 2.45) is 0 Å². The second kappa shape index (κ2) is 6.20. The second-order valence-corrected chi connectivity index (χ2v) is 4.39. The first kappa shape index (κ1) is 12.6. The third kappa shape index (κ3) is 4.73. The van der Waals surface area contributed by atoms with Crippen molar-refractivity contribution >= 4 is 15.9 Å². The Balaban J connectivity index is 2.43. The van der Waals surface area contributed by atoms with Crippen molar-refractivity contribution in [3.8, 4) is 0 Å². The van der Waals surface area contributed by atoms with Gasteiger partial charge in [0.25, 0.3) is 0 Å². The minimum atomic E-state index is -0.331. The average molecular weight is 276 g/mol. The van der Waals surface area contributed by atoms with E-state index in [9.17, 15) is 9.50 Å². The summed E-state index contributed by atoms with van der Waals surface area (Å²) in [6.07, 6.45) is 0.391. The van der Waals surface area contributed by atoms with E-state index in [-0.39, 0.29) is 11.9 Å².